The molecule has 0 aromatic heterocycles. The Labute approximate surface area is 122 Å². The first-order chi connectivity index (χ1) is 10.0. The maximum atomic E-state index is 13.8. The van der Waals surface area contributed by atoms with Crippen molar-refractivity contribution in [3.63, 3.8) is 0 Å². The number of carbonyl (C=O) groups is 2. The van der Waals surface area contributed by atoms with Gasteiger partial charge in [0.1, 0.15) is 17.1 Å². The molecule has 2 unspecified atom stereocenters. The van der Waals surface area contributed by atoms with Gasteiger partial charge in [-0.1, -0.05) is 18.9 Å². The maximum absolute atomic E-state index is 13.8. The van der Waals surface area contributed by atoms with E-state index in [-0.39, 0.29) is 11.3 Å². The number of benzene rings is 1. The number of methoxy groups -OCH3 is 1. The van der Waals surface area contributed by atoms with Crippen LogP contribution in [0.4, 0.5) is 4.39 Å². The van der Waals surface area contributed by atoms with Gasteiger partial charge in [0, 0.05) is 6.04 Å². The summed E-state index contributed by atoms with van der Waals surface area (Å²) in [5.74, 6) is -2.74. The van der Waals surface area contributed by atoms with Crippen molar-refractivity contribution in [3.05, 3.63) is 29.6 Å². The van der Waals surface area contributed by atoms with Crippen molar-refractivity contribution in [3.8, 4) is 5.75 Å². The first-order valence-electron chi connectivity index (χ1n) is 6.90. The van der Waals surface area contributed by atoms with E-state index in [1.54, 1.807) is 0 Å². The molecule has 21 heavy (non-hydrogen) atoms. The SMILES string of the molecule is COc1cccc(F)c1C(=O)NC1CCCCC1C(=O)O. The van der Waals surface area contributed by atoms with Gasteiger partial charge < -0.3 is 15.2 Å². The first-order valence-corrected chi connectivity index (χ1v) is 6.90. The molecule has 0 aliphatic heterocycles. The van der Waals surface area contributed by atoms with Crippen LogP contribution in [0.2, 0.25) is 0 Å². The number of hydrogen-bond acceptors (Lipinski definition) is 3. The lowest BCUT2D eigenvalue weighted by Crippen LogP contribution is -2.45. The summed E-state index contributed by atoms with van der Waals surface area (Å²) in [5, 5.41) is 11.8. The van der Waals surface area contributed by atoms with E-state index in [1.807, 2.05) is 0 Å². The van der Waals surface area contributed by atoms with E-state index < -0.39 is 29.7 Å². The van der Waals surface area contributed by atoms with Gasteiger partial charge in [0.05, 0.1) is 13.0 Å². The standard InChI is InChI=1S/C15H18FNO4/c1-21-12-8-4-6-10(16)13(12)14(18)17-11-7-3-2-5-9(11)15(19)20/h4,6,8-9,11H,2-3,5,7H2,1H3,(H,17,18)(H,19,20). The largest absolute Gasteiger partial charge is 0.496 e. The highest BCUT2D eigenvalue weighted by atomic mass is 19.1. The molecule has 1 aromatic carbocycles. The quantitative estimate of drug-likeness (QED) is 0.893. The first kappa shape index (κ1) is 15.3. The fourth-order valence-electron chi connectivity index (χ4n) is 2.73. The third-order valence-electron chi connectivity index (χ3n) is 3.82. The fourth-order valence-corrected chi connectivity index (χ4v) is 2.73. The Morgan fingerprint density at radius 3 is 2.71 bits per heavy atom. The Hall–Kier alpha value is -2.11. The van der Waals surface area contributed by atoms with Crippen LogP contribution in [0.1, 0.15) is 36.0 Å². The molecule has 1 fully saturated rings. The highest BCUT2D eigenvalue weighted by Gasteiger charge is 2.33. The average Bonchev–Trinajstić information content (AvgIpc) is 2.47. The Bertz CT molecular complexity index is 546. The van der Waals surface area contributed by atoms with Crippen LogP contribution in [0.3, 0.4) is 0 Å². The van der Waals surface area contributed by atoms with Crippen LogP contribution >= 0.6 is 0 Å². The molecule has 0 saturated heterocycles. The lowest BCUT2D eigenvalue weighted by atomic mass is 9.84. The van der Waals surface area contributed by atoms with Crippen LogP contribution in [-0.2, 0) is 4.79 Å². The van der Waals surface area contributed by atoms with Crippen LogP contribution in [-0.4, -0.2) is 30.1 Å². The Morgan fingerprint density at radius 2 is 2.05 bits per heavy atom. The number of aliphatic carboxylic acids is 1. The summed E-state index contributed by atoms with van der Waals surface area (Å²) in [5.41, 5.74) is -0.185. The molecule has 1 aliphatic rings. The number of carboxylic acids is 1. The molecule has 1 amide bonds. The monoisotopic (exact) mass is 295 g/mol. The molecule has 2 rings (SSSR count). The van der Waals surface area contributed by atoms with Gasteiger partial charge in [-0.2, -0.15) is 0 Å². The van der Waals surface area contributed by atoms with Crippen molar-refractivity contribution in [1.29, 1.82) is 0 Å². The van der Waals surface area contributed by atoms with Crippen LogP contribution < -0.4 is 10.1 Å². The second-order valence-electron chi connectivity index (χ2n) is 5.13. The zero-order valence-corrected chi connectivity index (χ0v) is 11.8. The number of rotatable bonds is 4. The van der Waals surface area contributed by atoms with E-state index in [4.69, 9.17) is 4.74 Å². The number of ether oxygens (including phenoxy) is 1. The molecular weight excluding hydrogens is 277 g/mol. The summed E-state index contributed by atoms with van der Waals surface area (Å²) in [7, 11) is 1.35. The zero-order valence-electron chi connectivity index (χ0n) is 11.8. The fraction of sp³-hybridized carbons (Fsp3) is 0.467. The molecule has 2 N–H and O–H groups in total. The van der Waals surface area contributed by atoms with Crippen LogP contribution in [0.5, 0.6) is 5.75 Å². The van der Waals surface area contributed by atoms with Crippen molar-refractivity contribution in [1.82, 2.24) is 5.32 Å². The molecule has 0 spiro atoms. The van der Waals surface area contributed by atoms with Crippen molar-refractivity contribution in [2.45, 2.75) is 31.7 Å². The third-order valence-corrected chi connectivity index (χ3v) is 3.82. The lowest BCUT2D eigenvalue weighted by Gasteiger charge is -2.29. The second kappa shape index (κ2) is 6.56. The molecule has 114 valence electrons. The summed E-state index contributed by atoms with van der Waals surface area (Å²) in [6, 6.07) is 3.64. The molecule has 6 heteroatoms. The van der Waals surface area contributed by atoms with Gasteiger partial charge in [0.15, 0.2) is 0 Å². The van der Waals surface area contributed by atoms with Gasteiger partial charge >= 0.3 is 5.97 Å². The maximum Gasteiger partial charge on any atom is 0.308 e. The summed E-state index contributed by atoms with van der Waals surface area (Å²) >= 11 is 0. The smallest absolute Gasteiger partial charge is 0.308 e. The summed E-state index contributed by atoms with van der Waals surface area (Å²) < 4.78 is 18.8. The van der Waals surface area contributed by atoms with Crippen molar-refractivity contribution in [2.24, 2.45) is 5.92 Å². The van der Waals surface area contributed by atoms with Crippen molar-refractivity contribution < 1.29 is 23.8 Å². The van der Waals surface area contributed by atoms with Gasteiger partial charge in [0.25, 0.3) is 5.91 Å². The predicted octanol–water partition coefficient (Wildman–Crippen LogP) is 2.21. The minimum Gasteiger partial charge on any atom is -0.496 e. The number of nitrogens with one attached hydrogen (secondary N) is 1. The number of halogens is 1. The van der Waals surface area contributed by atoms with E-state index in [2.05, 4.69) is 5.32 Å². The Balaban J connectivity index is 2.19. The summed E-state index contributed by atoms with van der Waals surface area (Å²) in [6.45, 7) is 0. The molecule has 1 saturated carbocycles. The molecular formula is C15H18FNO4. The third kappa shape index (κ3) is 3.32. The van der Waals surface area contributed by atoms with Crippen LogP contribution in [0.15, 0.2) is 18.2 Å². The number of amides is 1. The number of carbonyl (C=O) groups excluding carboxylic acids is 1. The highest BCUT2D eigenvalue weighted by molar-refractivity contribution is 5.97. The van der Waals surface area contributed by atoms with Gasteiger partial charge in [-0.25, -0.2) is 4.39 Å². The van der Waals surface area contributed by atoms with E-state index in [9.17, 15) is 19.1 Å². The van der Waals surface area contributed by atoms with Crippen molar-refractivity contribution in [2.75, 3.05) is 7.11 Å². The molecule has 0 heterocycles. The van der Waals surface area contributed by atoms with E-state index >= 15 is 0 Å². The Kier molecular flexibility index (Phi) is 4.77. The topological polar surface area (TPSA) is 75.6 Å². The molecule has 2 atom stereocenters. The molecule has 1 aliphatic carbocycles. The number of hydrogen-bond donors (Lipinski definition) is 2. The molecule has 5 nitrogen and oxygen atoms in total. The molecule has 0 bridgehead atoms. The minimum atomic E-state index is -0.930. The zero-order chi connectivity index (χ0) is 15.4. The second-order valence-corrected chi connectivity index (χ2v) is 5.13. The van der Waals surface area contributed by atoms with Gasteiger partial charge in [-0.3, -0.25) is 9.59 Å². The van der Waals surface area contributed by atoms with Crippen molar-refractivity contribution >= 4 is 11.9 Å². The van der Waals surface area contributed by atoms with Gasteiger partial charge in [-0.15, -0.1) is 0 Å². The highest BCUT2D eigenvalue weighted by Crippen LogP contribution is 2.26. The molecule has 1 aromatic rings. The minimum absolute atomic E-state index is 0.134. The lowest BCUT2D eigenvalue weighted by molar-refractivity contribution is -0.143. The number of carboxylic acid groups (broad SMARTS) is 1. The van der Waals surface area contributed by atoms with E-state index in [0.29, 0.717) is 12.8 Å². The van der Waals surface area contributed by atoms with E-state index in [0.717, 1.165) is 12.8 Å². The Morgan fingerprint density at radius 1 is 1.33 bits per heavy atom. The summed E-state index contributed by atoms with van der Waals surface area (Å²) in [4.78, 5) is 23.5. The van der Waals surface area contributed by atoms with Crippen LogP contribution in [0.25, 0.3) is 0 Å². The normalized spacial score (nSPS) is 21.6. The molecule has 0 radical (unpaired) electrons. The van der Waals surface area contributed by atoms with E-state index in [1.165, 1.54) is 25.3 Å². The predicted molar refractivity (Wildman–Crippen MR) is 73.8 cm³/mol. The van der Waals surface area contributed by atoms with Gasteiger partial charge in [-0.05, 0) is 25.0 Å². The van der Waals surface area contributed by atoms with Gasteiger partial charge in [0.2, 0.25) is 0 Å². The van der Waals surface area contributed by atoms with Crippen LogP contribution in [0, 0.1) is 11.7 Å². The summed E-state index contributed by atoms with van der Waals surface area (Å²) in [6.07, 6.45) is 2.78. The average molecular weight is 295 g/mol.